The molecule has 6 rings (SSSR count). The molecule has 282 valence electrons. The monoisotopic (exact) mass is 747 g/mol. The van der Waals surface area contributed by atoms with E-state index in [-0.39, 0.29) is 52.2 Å². The number of H-pyrrole nitrogens is 2. The molecule has 5 heterocycles. The van der Waals surface area contributed by atoms with Crippen LogP contribution in [-0.2, 0) is 19.1 Å². The molecule has 1 aromatic carbocycles. The second kappa shape index (κ2) is 15.7. The zero-order valence-corrected chi connectivity index (χ0v) is 31.4. The van der Waals surface area contributed by atoms with Gasteiger partial charge in [-0.3, -0.25) is 14.4 Å². The first-order valence-electron chi connectivity index (χ1n) is 17.7. The van der Waals surface area contributed by atoms with Crippen molar-refractivity contribution in [3.8, 4) is 11.3 Å². The lowest BCUT2D eigenvalue weighted by molar-refractivity contribution is -0.136. The van der Waals surface area contributed by atoms with Crippen molar-refractivity contribution in [2.45, 2.75) is 77.5 Å². The number of nitrogens with one attached hydrogen (secondary N) is 4. The molecule has 3 aromatic heterocycles. The summed E-state index contributed by atoms with van der Waals surface area (Å²) in [6, 6.07) is 3.56. The number of amides is 4. The molecule has 16 nitrogen and oxygen atoms in total. The molecule has 2 aliphatic rings. The predicted octanol–water partition coefficient (Wildman–Crippen LogP) is 4.73. The highest BCUT2D eigenvalue weighted by atomic mass is 32.1. The number of ketones is 1. The summed E-state index contributed by atoms with van der Waals surface area (Å²) in [5, 5.41) is 7.41. The van der Waals surface area contributed by atoms with Crippen LogP contribution < -0.4 is 10.6 Å². The average molecular weight is 748 g/mol. The number of thiazole rings is 1. The van der Waals surface area contributed by atoms with Crippen molar-refractivity contribution in [3.05, 3.63) is 52.1 Å². The Kier molecular flexibility index (Phi) is 11.1. The van der Waals surface area contributed by atoms with Gasteiger partial charge in [0.1, 0.15) is 29.4 Å². The van der Waals surface area contributed by atoms with E-state index in [2.05, 4.69) is 30.6 Å². The Morgan fingerprint density at radius 2 is 1.42 bits per heavy atom. The van der Waals surface area contributed by atoms with Gasteiger partial charge in [0.2, 0.25) is 17.6 Å². The number of benzene rings is 1. The third kappa shape index (κ3) is 7.75. The first-order valence-corrected chi connectivity index (χ1v) is 18.6. The van der Waals surface area contributed by atoms with Gasteiger partial charge >= 0.3 is 12.2 Å². The summed E-state index contributed by atoms with van der Waals surface area (Å²) < 4.78 is 9.46. The van der Waals surface area contributed by atoms with E-state index < -0.39 is 24.3 Å². The van der Waals surface area contributed by atoms with Crippen molar-refractivity contribution >= 4 is 52.2 Å². The van der Waals surface area contributed by atoms with Crippen molar-refractivity contribution in [2.24, 2.45) is 11.8 Å². The molecule has 4 N–H and O–H groups in total. The lowest BCUT2D eigenvalue weighted by Gasteiger charge is -2.29. The quantitative estimate of drug-likeness (QED) is 0.155. The summed E-state index contributed by atoms with van der Waals surface area (Å²) in [6.07, 6.45) is 3.10. The van der Waals surface area contributed by atoms with Gasteiger partial charge < -0.3 is 39.9 Å². The topological polar surface area (TPSA) is 205 Å². The van der Waals surface area contributed by atoms with Crippen LogP contribution >= 0.6 is 11.3 Å². The lowest BCUT2D eigenvalue weighted by atomic mass is 10.0. The Bertz CT molecular complexity index is 2000. The van der Waals surface area contributed by atoms with Crippen LogP contribution in [0.15, 0.2) is 29.8 Å². The molecule has 0 radical (unpaired) electrons. The van der Waals surface area contributed by atoms with E-state index in [4.69, 9.17) is 14.5 Å². The third-order valence-electron chi connectivity index (χ3n) is 9.82. The highest BCUT2D eigenvalue weighted by Gasteiger charge is 2.39. The number of ether oxygens (including phenoxy) is 2. The summed E-state index contributed by atoms with van der Waals surface area (Å²) >= 11 is 1.22. The van der Waals surface area contributed by atoms with Crippen LogP contribution in [0.25, 0.3) is 22.3 Å². The molecule has 17 heteroatoms. The van der Waals surface area contributed by atoms with Crippen LogP contribution in [0.4, 0.5) is 9.59 Å². The number of imidazole rings is 2. The molecule has 4 atom stereocenters. The fraction of sp³-hybridized carbons (Fsp3) is 0.500. The zero-order chi connectivity index (χ0) is 38.0. The molecule has 2 saturated heterocycles. The summed E-state index contributed by atoms with van der Waals surface area (Å²) in [5.74, 6) is 0.125. The Balaban J connectivity index is 1.16. The predicted molar refractivity (Wildman–Crippen MR) is 195 cm³/mol. The fourth-order valence-corrected chi connectivity index (χ4v) is 7.76. The Labute approximate surface area is 310 Å². The maximum Gasteiger partial charge on any atom is 0.407 e. The van der Waals surface area contributed by atoms with Crippen molar-refractivity contribution in [1.29, 1.82) is 0 Å². The molecule has 4 aromatic rings. The summed E-state index contributed by atoms with van der Waals surface area (Å²) in [6.45, 7) is 8.51. The van der Waals surface area contributed by atoms with Crippen LogP contribution in [0.3, 0.4) is 0 Å². The highest BCUT2D eigenvalue weighted by Crippen LogP contribution is 2.35. The summed E-state index contributed by atoms with van der Waals surface area (Å²) in [7, 11) is 2.52. The molecule has 4 unspecified atom stereocenters. The number of carbonyl (C=O) groups excluding carboxylic acids is 5. The van der Waals surface area contributed by atoms with E-state index in [9.17, 15) is 24.0 Å². The SMILES string of the molecule is COC(=O)NC(C(=O)N1CCCC1c1ncc(C(=O)c2nc(-c3ccc4nc(C5CCCN5C(=O)C(NC(=O)OC)C(C)C)[nH]c4c3)cs2)[nH]1)C(C)C. The van der Waals surface area contributed by atoms with E-state index in [0.29, 0.717) is 36.9 Å². The number of aromatic nitrogens is 5. The maximum atomic E-state index is 13.6. The van der Waals surface area contributed by atoms with Gasteiger partial charge in [0.15, 0.2) is 5.01 Å². The number of hydrogen-bond acceptors (Lipinski definition) is 11. The Morgan fingerprint density at radius 3 is 1.98 bits per heavy atom. The molecule has 2 fully saturated rings. The van der Waals surface area contributed by atoms with Crippen LogP contribution in [0, 0.1) is 11.8 Å². The molecule has 0 bridgehead atoms. The van der Waals surface area contributed by atoms with Gasteiger partial charge in [-0.15, -0.1) is 11.3 Å². The first-order chi connectivity index (χ1) is 25.4. The minimum absolute atomic E-state index is 0.138. The number of carbonyl (C=O) groups is 5. The number of likely N-dealkylation sites (tertiary alicyclic amines) is 2. The largest absolute Gasteiger partial charge is 0.453 e. The first kappa shape index (κ1) is 37.4. The standard InChI is InChI=1S/C36H45N9O7S/c1-18(2)27(42-35(49)51-5)33(47)44-13-7-9-25(44)30-37-16-23(40-30)29(46)32-41-24(17-53-32)20-11-12-21-22(15-20)39-31(38-21)26-10-8-14-45(26)34(48)28(19(3)4)43-36(50)52-6/h11-12,15-19,25-28H,7-10,13-14H2,1-6H3,(H,37,40)(H,38,39)(H,42,49)(H,43,50). The minimum Gasteiger partial charge on any atom is -0.453 e. The van der Waals surface area contributed by atoms with E-state index in [1.807, 2.05) is 51.3 Å². The third-order valence-corrected chi connectivity index (χ3v) is 10.7. The van der Waals surface area contributed by atoms with Crippen molar-refractivity contribution in [1.82, 2.24) is 45.4 Å². The lowest BCUT2D eigenvalue weighted by Crippen LogP contribution is -2.51. The number of alkyl carbamates (subject to hydrolysis) is 2. The number of rotatable bonds is 11. The number of hydrogen-bond donors (Lipinski definition) is 4. The van der Waals surface area contributed by atoms with Crippen LogP contribution in [-0.4, -0.2) is 104 Å². The van der Waals surface area contributed by atoms with E-state index in [1.165, 1.54) is 31.8 Å². The van der Waals surface area contributed by atoms with Gasteiger partial charge in [0.25, 0.3) is 0 Å². The molecule has 0 saturated carbocycles. The van der Waals surface area contributed by atoms with Crippen molar-refractivity contribution in [3.63, 3.8) is 0 Å². The summed E-state index contributed by atoms with van der Waals surface area (Å²) in [4.78, 5) is 88.4. The number of methoxy groups -OCH3 is 2. The summed E-state index contributed by atoms with van der Waals surface area (Å²) in [5.41, 5.74) is 3.16. The van der Waals surface area contributed by atoms with Gasteiger partial charge in [-0.05, 0) is 49.7 Å². The molecule has 53 heavy (non-hydrogen) atoms. The van der Waals surface area contributed by atoms with Gasteiger partial charge in [0.05, 0.1) is 49.2 Å². The van der Waals surface area contributed by atoms with Crippen molar-refractivity contribution < 1.29 is 33.4 Å². The number of nitrogens with zero attached hydrogens (tertiary/aromatic N) is 5. The Hall–Kier alpha value is -5.32. The fourth-order valence-electron chi connectivity index (χ4n) is 6.98. The second-order valence-corrected chi connectivity index (χ2v) is 14.9. The smallest absolute Gasteiger partial charge is 0.407 e. The zero-order valence-electron chi connectivity index (χ0n) is 30.6. The second-order valence-electron chi connectivity index (χ2n) is 14.0. The van der Waals surface area contributed by atoms with Crippen molar-refractivity contribution in [2.75, 3.05) is 27.3 Å². The van der Waals surface area contributed by atoms with Gasteiger partial charge in [-0.1, -0.05) is 33.8 Å². The Morgan fingerprint density at radius 1 is 0.830 bits per heavy atom. The molecule has 0 aliphatic carbocycles. The van der Waals surface area contributed by atoms with E-state index in [1.54, 1.807) is 9.80 Å². The highest BCUT2D eigenvalue weighted by molar-refractivity contribution is 7.12. The molecular formula is C36H45N9O7S. The molecule has 4 amide bonds. The minimum atomic E-state index is -0.763. The van der Waals surface area contributed by atoms with Crippen LogP contribution in [0.5, 0.6) is 0 Å². The van der Waals surface area contributed by atoms with Crippen LogP contribution in [0.1, 0.15) is 92.6 Å². The normalized spacial score (nSPS) is 18.4. The van der Waals surface area contributed by atoms with Gasteiger partial charge in [-0.2, -0.15) is 0 Å². The molecule has 0 spiro atoms. The maximum absolute atomic E-state index is 13.6. The molecular weight excluding hydrogens is 703 g/mol. The average Bonchev–Trinajstić information content (AvgIpc) is 3.99. The molecule has 2 aliphatic heterocycles. The van der Waals surface area contributed by atoms with Gasteiger partial charge in [-0.25, -0.2) is 24.5 Å². The van der Waals surface area contributed by atoms with Gasteiger partial charge in [0, 0.05) is 24.0 Å². The van der Waals surface area contributed by atoms with E-state index >= 15 is 0 Å². The number of aromatic amines is 2. The number of fused-ring (bicyclic) bond motifs is 1. The van der Waals surface area contributed by atoms with E-state index in [0.717, 1.165) is 35.9 Å². The van der Waals surface area contributed by atoms with Crippen LogP contribution in [0.2, 0.25) is 0 Å².